The van der Waals surface area contributed by atoms with Crippen molar-refractivity contribution >= 4 is 10.0 Å². The van der Waals surface area contributed by atoms with Gasteiger partial charge in [-0.1, -0.05) is 5.16 Å². The minimum absolute atomic E-state index is 0.0200. The average Bonchev–Trinajstić information content (AvgIpc) is 3.00. The van der Waals surface area contributed by atoms with Gasteiger partial charge in [-0.25, -0.2) is 12.8 Å². The third-order valence-electron chi connectivity index (χ3n) is 4.11. The number of benzene rings is 1. The molecule has 8 heteroatoms. The number of rotatable bonds is 4. The largest absolute Gasteiger partial charge is 0.343 e. The van der Waals surface area contributed by atoms with Gasteiger partial charge in [-0.3, -0.25) is 0 Å². The lowest BCUT2D eigenvalue weighted by Crippen LogP contribution is -2.39. The van der Waals surface area contributed by atoms with Crippen LogP contribution in [0.2, 0.25) is 0 Å². The molecule has 1 saturated heterocycles. The first kappa shape index (κ1) is 16.1. The van der Waals surface area contributed by atoms with Gasteiger partial charge >= 0.3 is 0 Å². The van der Waals surface area contributed by atoms with E-state index in [9.17, 15) is 12.8 Å². The maximum atomic E-state index is 13.5. The van der Waals surface area contributed by atoms with Crippen LogP contribution in [0.3, 0.4) is 0 Å². The predicted octanol–water partition coefficient (Wildman–Crippen LogP) is 2.16. The van der Waals surface area contributed by atoms with E-state index in [0.29, 0.717) is 36.8 Å². The molecule has 1 aliphatic rings. The molecule has 0 aliphatic carbocycles. The van der Waals surface area contributed by atoms with E-state index < -0.39 is 15.8 Å². The van der Waals surface area contributed by atoms with Crippen LogP contribution in [0.4, 0.5) is 4.39 Å². The van der Waals surface area contributed by atoms with Gasteiger partial charge in [0.05, 0.1) is 4.90 Å². The van der Waals surface area contributed by atoms with Crippen LogP contribution in [0.15, 0.2) is 34.0 Å². The van der Waals surface area contributed by atoms with Crippen LogP contribution >= 0.6 is 0 Å². The van der Waals surface area contributed by atoms with Gasteiger partial charge < -0.3 is 4.52 Å². The summed E-state index contributed by atoms with van der Waals surface area (Å²) < 4.78 is 44.9. The van der Waals surface area contributed by atoms with Gasteiger partial charge in [0.15, 0.2) is 5.82 Å². The van der Waals surface area contributed by atoms with Crippen molar-refractivity contribution in [1.82, 2.24) is 14.4 Å². The van der Waals surface area contributed by atoms with Crippen molar-refractivity contribution in [1.29, 1.82) is 0 Å². The first-order chi connectivity index (χ1) is 10.9. The molecule has 0 saturated carbocycles. The number of hydrogen-bond donors (Lipinski definition) is 0. The van der Waals surface area contributed by atoms with Gasteiger partial charge in [0, 0.05) is 19.5 Å². The molecule has 124 valence electrons. The Bertz CT molecular complexity index is 749. The third kappa shape index (κ3) is 3.59. The van der Waals surface area contributed by atoms with Gasteiger partial charge in [0.2, 0.25) is 16.4 Å². The standard InChI is InChI=1S/C15H18FN3O3S/c1-11-6-13(16)9-14(7-11)23(20,21)19-4-2-12(3-5-19)8-15-17-10-22-18-15/h6-7,9-10,12H,2-5,8H2,1H3. The van der Waals surface area contributed by atoms with Crippen molar-refractivity contribution < 1.29 is 17.3 Å². The fourth-order valence-electron chi connectivity index (χ4n) is 2.90. The first-order valence-electron chi connectivity index (χ1n) is 7.48. The van der Waals surface area contributed by atoms with Gasteiger partial charge in [-0.15, -0.1) is 0 Å². The summed E-state index contributed by atoms with van der Waals surface area (Å²) in [6.07, 6.45) is 3.43. The zero-order valence-corrected chi connectivity index (χ0v) is 13.6. The number of aromatic nitrogens is 2. The Morgan fingerprint density at radius 2 is 2.04 bits per heavy atom. The lowest BCUT2D eigenvalue weighted by molar-refractivity contribution is 0.268. The molecular formula is C15H18FN3O3S. The number of aryl methyl sites for hydroxylation is 1. The average molecular weight is 339 g/mol. The Hall–Kier alpha value is -1.80. The number of halogens is 1. The van der Waals surface area contributed by atoms with E-state index in [-0.39, 0.29) is 4.90 Å². The minimum Gasteiger partial charge on any atom is -0.343 e. The molecule has 2 heterocycles. The fraction of sp³-hybridized carbons (Fsp3) is 0.467. The molecular weight excluding hydrogens is 321 g/mol. The lowest BCUT2D eigenvalue weighted by atomic mass is 9.94. The van der Waals surface area contributed by atoms with Crippen LogP contribution in [0.25, 0.3) is 0 Å². The Morgan fingerprint density at radius 1 is 1.30 bits per heavy atom. The van der Waals surface area contributed by atoms with Crippen LogP contribution in [0.1, 0.15) is 24.2 Å². The second kappa shape index (κ2) is 6.37. The predicted molar refractivity (Wildman–Crippen MR) is 80.6 cm³/mol. The van der Waals surface area contributed by atoms with Crippen molar-refractivity contribution in [2.45, 2.75) is 31.1 Å². The van der Waals surface area contributed by atoms with E-state index in [0.717, 1.165) is 18.9 Å². The topological polar surface area (TPSA) is 76.3 Å². The fourth-order valence-corrected chi connectivity index (χ4v) is 4.48. The Morgan fingerprint density at radius 3 is 2.65 bits per heavy atom. The number of nitrogens with zero attached hydrogens (tertiary/aromatic N) is 3. The molecule has 23 heavy (non-hydrogen) atoms. The molecule has 1 aliphatic heterocycles. The summed E-state index contributed by atoms with van der Waals surface area (Å²) in [5.41, 5.74) is 0.593. The second-order valence-corrected chi connectivity index (χ2v) is 7.80. The highest BCUT2D eigenvalue weighted by molar-refractivity contribution is 7.89. The minimum atomic E-state index is -3.65. The van der Waals surface area contributed by atoms with Crippen LogP contribution in [-0.2, 0) is 16.4 Å². The van der Waals surface area contributed by atoms with Crippen molar-refractivity contribution in [3.8, 4) is 0 Å². The first-order valence-corrected chi connectivity index (χ1v) is 8.92. The molecule has 0 atom stereocenters. The molecule has 3 rings (SSSR count). The smallest absolute Gasteiger partial charge is 0.243 e. The maximum absolute atomic E-state index is 13.5. The zero-order chi connectivity index (χ0) is 16.4. The SMILES string of the molecule is Cc1cc(F)cc(S(=O)(=O)N2CCC(Cc3ncon3)CC2)c1. The molecule has 0 unspecified atom stereocenters. The summed E-state index contributed by atoms with van der Waals surface area (Å²) in [7, 11) is -3.65. The second-order valence-electron chi connectivity index (χ2n) is 5.86. The van der Waals surface area contributed by atoms with Gasteiger partial charge in [0.25, 0.3) is 0 Å². The van der Waals surface area contributed by atoms with Crippen molar-refractivity contribution in [2.75, 3.05) is 13.1 Å². The van der Waals surface area contributed by atoms with Crippen LogP contribution in [0, 0.1) is 18.7 Å². The summed E-state index contributed by atoms with van der Waals surface area (Å²) in [5, 5.41) is 3.79. The molecule has 1 aromatic carbocycles. The molecule has 0 spiro atoms. The van der Waals surface area contributed by atoms with Crippen molar-refractivity contribution in [3.05, 3.63) is 41.8 Å². The third-order valence-corrected chi connectivity index (χ3v) is 5.98. The van der Waals surface area contributed by atoms with Crippen LogP contribution < -0.4 is 0 Å². The van der Waals surface area contributed by atoms with E-state index in [1.54, 1.807) is 6.92 Å². The van der Waals surface area contributed by atoms with Crippen LogP contribution in [0.5, 0.6) is 0 Å². The normalized spacial score (nSPS) is 17.5. The van der Waals surface area contributed by atoms with E-state index in [2.05, 4.69) is 10.1 Å². The highest BCUT2D eigenvalue weighted by atomic mass is 32.2. The number of sulfonamides is 1. The molecule has 1 aromatic heterocycles. The molecule has 1 fully saturated rings. The van der Waals surface area contributed by atoms with Crippen molar-refractivity contribution in [3.63, 3.8) is 0 Å². The maximum Gasteiger partial charge on any atom is 0.243 e. The Balaban J connectivity index is 1.68. The van der Waals surface area contributed by atoms with Crippen LogP contribution in [-0.4, -0.2) is 36.0 Å². The summed E-state index contributed by atoms with van der Waals surface area (Å²) in [6, 6.07) is 3.90. The van der Waals surface area contributed by atoms with E-state index in [4.69, 9.17) is 4.52 Å². The van der Waals surface area contributed by atoms with Gasteiger partial charge in [0.1, 0.15) is 5.82 Å². The summed E-state index contributed by atoms with van der Waals surface area (Å²) in [5.74, 6) is 0.441. The van der Waals surface area contributed by atoms with Crippen molar-refractivity contribution in [2.24, 2.45) is 5.92 Å². The lowest BCUT2D eigenvalue weighted by Gasteiger charge is -2.30. The summed E-state index contributed by atoms with van der Waals surface area (Å²) in [4.78, 5) is 4.01. The van der Waals surface area contributed by atoms with Gasteiger partial charge in [-0.05, 0) is 49.4 Å². The van der Waals surface area contributed by atoms with E-state index in [1.165, 1.54) is 22.8 Å². The quantitative estimate of drug-likeness (QED) is 0.853. The zero-order valence-electron chi connectivity index (χ0n) is 12.8. The molecule has 2 aromatic rings. The summed E-state index contributed by atoms with van der Waals surface area (Å²) >= 11 is 0. The highest BCUT2D eigenvalue weighted by Crippen LogP contribution is 2.26. The molecule has 0 amide bonds. The molecule has 0 radical (unpaired) electrons. The van der Waals surface area contributed by atoms with E-state index in [1.807, 2.05) is 0 Å². The molecule has 0 bridgehead atoms. The molecule has 6 nitrogen and oxygen atoms in total. The Labute approximate surface area is 134 Å². The van der Waals surface area contributed by atoms with E-state index >= 15 is 0 Å². The number of piperidine rings is 1. The molecule has 0 N–H and O–H groups in total. The Kier molecular flexibility index (Phi) is 4.45. The highest BCUT2D eigenvalue weighted by Gasteiger charge is 2.30. The monoisotopic (exact) mass is 339 g/mol. The summed E-state index contributed by atoms with van der Waals surface area (Å²) in [6.45, 7) is 2.51. The number of hydrogen-bond acceptors (Lipinski definition) is 5. The van der Waals surface area contributed by atoms with Gasteiger partial charge in [-0.2, -0.15) is 9.29 Å².